The minimum Gasteiger partial charge on any atom is -0.321 e. The molecule has 24 heavy (non-hydrogen) atoms. The first-order chi connectivity index (χ1) is 11.6. The molecule has 4 rings (SSSR count). The molecule has 2 heterocycles. The molecule has 1 aromatic carbocycles. The lowest BCUT2D eigenvalue weighted by Crippen LogP contribution is -2.15. The van der Waals surface area contributed by atoms with Crippen molar-refractivity contribution in [2.24, 2.45) is 0 Å². The summed E-state index contributed by atoms with van der Waals surface area (Å²) in [5, 5.41) is 3.08. The van der Waals surface area contributed by atoms with E-state index in [9.17, 15) is 4.79 Å². The van der Waals surface area contributed by atoms with E-state index in [-0.39, 0.29) is 5.91 Å². The minimum absolute atomic E-state index is 0.0176. The number of fused-ring (bicyclic) bond motifs is 3. The summed E-state index contributed by atoms with van der Waals surface area (Å²) in [5.74, 6) is 0.955. The van der Waals surface area contributed by atoms with Crippen molar-refractivity contribution in [2.45, 2.75) is 45.3 Å². The van der Waals surface area contributed by atoms with Gasteiger partial charge in [-0.2, -0.15) is 0 Å². The van der Waals surface area contributed by atoms with Gasteiger partial charge in [-0.3, -0.25) is 4.79 Å². The normalized spacial score (nSPS) is 16.2. The number of hydrogen-bond acceptors (Lipinski definition) is 3. The second-order valence-electron chi connectivity index (χ2n) is 6.62. The van der Waals surface area contributed by atoms with Crippen LogP contribution in [0, 0.1) is 13.8 Å². The predicted molar refractivity (Wildman–Crippen MR) is 105 cm³/mol. The molecule has 0 atom stereocenters. The molecule has 1 aliphatic carbocycles. The van der Waals surface area contributed by atoms with E-state index in [1.54, 1.807) is 22.2 Å². The van der Waals surface area contributed by atoms with Crippen molar-refractivity contribution in [3.63, 3.8) is 0 Å². The van der Waals surface area contributed by atoms with Crippen LogP contribution in [0.15, 0.2) is 23.1 Å². The van der Waals surface area contributed by atoms with Gasteiger partial charge in [-0.1, -0.05) is 17.7 Å². The maximum Gasteiger partial charge on any atom is 0.262 e. The van der Waals surface area contributed by atoms with Crippen LogP contribution < -0.4 is 5.32 Å². The van der Waals surface area contributed by atoms with Gasteiger partial charge in [0.25, 0.3) is 5.91 Å². The Balaban J connectivity index is 1.58. The smallest absolute Gasteiger partial charge is 0.262 e. The topological polar surface area (TPSA) is 29.1 Å². The van der Waals surface area contributed by atoms with Crippen molar-refractivity contribution in [1.82, 2.24) is 0 Å². The number of aryl methyl sites for hydroxylation is 3. The predicted octanol–water partition coefficient (Wildman–Crippen LogP) is 5.47. The van der Waals surface area contributed by atoms with Crippen LogP contribution in [0.1, 0.15) is 44.8 Å². The van der Waals surface area contributed by atoms with E-state index < -0.39 is 0 Å². The summed E-state index contributed by atoms with van der Waals surface area (Å²) in [6.45, 7) is 4.11. The number of anilines is 1. The highest BCUT2D eigenvalue weighted by Gasteiger charge is 2.25. The first kappa shape index (κ1) is 16.0. The number of hydrogen-bond donors (Lipinski definition) is 1. The van der Waals surface area contributed by atoms with Gasteiger partial charge in [-0.15, -0.1) is 23.1 Å². The third kappa shape index (κ3) is 2.93. The Morgan fingerprint density at radius 1 is 1.12 bits per heavy atom. The molecule has 0 unspecified atom stereocenters. The number of carbonyl (C=O) groups is 1. The van der Waals surface area contributed by atoms with Crippen molar-refractivity contribution >= 4 is 40.8 Å². The zero-order valence-electron chi connectivity index (χ0n) is 14.1. The molecule has 2 aliphatic rings. The van der Waals surface area contributed by atoms with E-state index in [2.05, 4.69) is 24.4 Å². The van der Waals surface area contributed by atoms with E-state index in [4.69, 9.17) is 0 Å². The Morgan fingerprint density at radius 3 is 2.79 bits per heavy atom. The highest BCUT2D eigenvalue weighted by Crippen LogP contribution is 2.42. The number of benzene rings is 1. The Kier molecular flexibility index (Phi) is 4.27. The summed E-state index contributed by atoms with van der Waals surface area (Å²) >= 11 is 3.58. The second kappa shape index (κ2) is 6.41. The quantitative estimate of drug-likeness (QED) is 0.774. The average molecular weight is 356 g/mol. The zero-order chi connectivity index (χ0) is 16.7. The Morgan fingerprint density at radius 2 is 1.96 bits per heavy atom. The molecular weight excluding hydrogens is 334 g/mol. The lowest BCUT2D eigenvalue weighted by molar-refractivity contribution is -0.112. The van der Waals surface area contributed by atoms with Crippen LogP contribution in [0.3, 0.4) is 0 Å². The fourth-order valence-corrected chi connectivity index (χ4v) is 6.04. The fourth-order valence-electron chi connectivity index (χ4n) is 3.51. The summed E-state index contributed by atoms with van der Waals surface area (Å²) in [5.41, 5.74) is 6.30. The third-order valence-corrected chi connectivity index (χ3v) is 7.13. The monoisotopic (exact) mass is 355 g/mol. The van der Waals surface area contributed by atoms with Gasteiger partial charge in [-0.05, 0) is 68.4 Å². The fraction of sp³-hybridized carbons (Fsp3) is 0.350. The highest BCUT2D eigenvalue weighted by atomic mass is 32.2. The van der Waals surface area contributed by atoms with Crippen molar-refractivity contribution in [2.75, 3.05) is 5.32 Å². The molecule has 0 radical (unpaired) electrons. The number of thioether (sulfide) groups is 1. The summed E-state index contributed by atoms with van der Waals surface area (Å²) < 4.78 is 0. The Bertz CT molecular complexity index is 848. The van der Waals surface area contributed by atoms with Gasteiger partial charge >= 0.3 is 0 Å². The molecule has 124 valence electrons. The Labute approximate surface area is 151 Å². The molecule has 0 fully saturated rings. The standard InChI is InChI=1S/C20H21NOS2/c1-12-7-8-16(13(2)9-12)21-20(22)19-10-18-15(11-23-19)14-5-3-4-6-17(14)24-18/h7-10H,3-6,11H2,1-2H3,(H,21,22). The Hall–Kier alpha value is -1.52. The number of rotatable bonds is 2. The molecule has 0 spiro atoms. The first-order valence-electron chi connectivity index (χ1n) is 8.48. The molecule has 2 aromatic rings. The average Bonchev–Trinajstić information content (AvgIpc) is 2.95. The molecule has 1 amide bonds. The largest absolute Gasteiger partial charge is 0.321 e. The number of carbonyl (C=O) groups excluding carboxylic acids is 1. The molecule has 1 aliphatic heterocycles. The van der Waals surface area contributed by atoms with Crippen LogP contribution in [-0.2, 0) is 23.4 Å². The van der Waals surface area contributed by atoms with Crippen LogP contribution in [0.2, 0.25) is 0 Å². The first-order valence-corrected chi connectivity index (χ1v) is 10.3. The molecule has 0 saturated heterocycles. The SMILES string of the molecule is Cc1ccc(NC(=O)C2=Cc3sc4c(c3CS2)CCCC4)c(C)c1. The maximum atomic E-state index is 12.7. The summed E-state index contributed by atoms with van der Waals surface area (Å²) in [6.07, 6.45) is 7.16. The van der Waals surface area contributed by atoms with E-state index in [0.717, 1.165) is 21.9 Å². The summed E-state index contributed by atoms with van der Waals surface area (Å²) in [7, 11) is 0. The third-order valence-electron chi connectivity index (χ3n) is 4.80. The van der Waals surface area contributed by atoms with Crippen molar-refractivity contribution < 1.29 is 4.79 Å². The van der Waals surface area contributed by atoms with Gasteiger partial charge in [0.1, 0.15) is 0 Å². The van der Waals surface area contributed by atoms with Gasteiger partial charge in [-0.25, -0.2) is 0 Å². The number of thiophene rings is 1. The van der Waals surface area contributed by atoms with Crippen LogP contribution in [0.5, 0.6) is 0 Å². The summed E-state index contributed by atoms with van der Waals surface area (Å²) in [4.78, 5) is 16.4. The molecule has 4 heteroatoms. The van der Waals surface area contributed by atoms with Crippen LogP contribution in [0.4, 0.5) is 5.69 Å². The van der Waals surface area contributed by atoms with Crippen molar-refractivity contribution in [1.29, 1.82) is 0 Å². The zero-order valence-corrected chi connectivity index (χ0v) is 15.7. The van der Waals surface area contributed by atoms with Gasteiger partial charge in [0, 0.05) is 21.2 Å². The number of nitrogens with one attached hydrogen (secondary N) is 1. The van der Waals surface area contributed by atoms with E-state index in [1.165, 1.54) is 41.7 Å². The van der Waals surface area contributed by atoms with Gasteiger partial charge in [0.2, 0.25) is 0 Å². The van der Waals surface area contributed by atoms with Gasteiger partial charge in [0.15, 0.2) is 0 Å². The lowest BCUT2D eigenvalue weighted by atomic mass is 9.95. The molecular formula is C20H21NOS2. The number of amides is 1. The lowest BCUT2D eigenvalue weighted by Gasteiger charge is -2.16. The molecule has 1 aromatic heterocycles. The molecule has 2 nitrogen and oxygen atoms in total. The van der Waals surface area contributed by atoms with E-state index >= 15 is 0 Å². The van der Waals surface area contributed by atoms with E-state index in [1.807, 2.05) is 30.4 Å². The van der Waals surface area contributed by atoms with Gasteiger partial charge < -0.3 is 5.32 Å². The molecule has 0 saturated carbocycles. The maximum absolute atomic E-state index is 12.7. The molecule has 1 N–H and O–H groups in total. The van der Waals surface area contributed by atoms with Gasteiger partial charge in [0.05, 0.1) is 4.91 Å². The highest BCUT2D eigenvalue weighted by molar-refractivity contribution is 8.03. The van der Waals surface area contributed by atoms with Crippen molar-refractivity contribution in [3.05, 3.63) is 55.1 Å². The van der Waals surface area contributed by atoms with Crippen LogP contribution in [0.25, 0.3) is 6.08 Å². The van der Waals surface area contributed by atoms with Crippen molar-refractivity contribution in [3.8, 4) is 0 Å². The minimum atomic E-state index is 0.0176. The second-order valence-corrected chi connectivity index (χ2v) is 8.78. The summed E-state index contributed by atoms with van der Waals surface area (Å²) in [6, 6.07) is 6.13. The molecule has 0 bridgehead atoms. The van der Waals surface area contributed by atoms with Crippen LogP contribution >= 0.6 is 23.1 Å². The van der Waals surface area contributed by atoms with Crippen LogP contribution in [-0.4, -0.2) is 5.91 Å². The van der Waals surface area contributed by atoms with E-state index in [0.29, 0.717) is 0 Å².